The van der Waals surface area contributed by atoms with E-state index in [1.165, 1.54) is 10.6 Å². The lowest BCUT2D eigenvalue weighted by molar-refractivity contribution is 0.477. The molecule has 0 spiro atoms. The normalized spacial score (nSPS) is 11.2. The molecule has 29 heavy (non-hydrogen) atoms. The van der Waals surface area contributed by atoms with Crippen molar-refractivity contribution >= 4 is 22.3 Å². The summed E-state index contributed by atoms with van der Waals surface area (Å²) in [6, 6.07) is 10.6. The highest BCUT2D eigenvalue weighted by molar-refractivity contribution is 6.04. The van der Waals surface area contributed by atoms with Gasteiger partial charge in [0.25, 0.3) is 0 Å². The summed E-state index contributed by atoms with van der Waals surface area (Å²) in [4.78, 5) is 12.5. The van der Waals surface area contributed by atoms with Gasteiger partial charge in [-0.2, -0.15) is 5.10 Å². The number of aryl methyl sites for hydroxylation is 1. The van der Waals surface area contributed by atoms with Crippen molar-refractivity contribution in [2.24, 2.45) is 7.05 Å². The van der Waals surface area contributed by atoms with E-state index in [4.69, 9.17) is 11.1 Å². The number of hydrogen-bond donors (Lipinski definition) is 4. The molecule has 0 amide bonds. The Hall–Kier alpha value is -3.81. The van der Waals surface area contributed by atoms with Crippen LogP contribution in [0.3, 0.4) is 0 Å². The minimum absolute atomic E-state index is 0.100. The maximum absolute atomic E-state index is 12.5. The van der Waals surface area contributed by atoms with Crippen molar-refractivity contribution in [3.8, 4) is 22.8 Å². The van der Waals surface area contributed by atoms with Crippen LogP contribution in [0.5, 0.6) is 5.75 Å². The number of nitrogen functional groups attached to an aromatic ring is 1. The van der Waals surface area contributed by atoms with Crippen LogP contribution in [-0.4, -0.2) is 30.1 Å². The number of nitrogens with zero attached hydrogens (tertiary/aromatic N) is 3. The molecular formula is C21H22N6O2. The van der Waals surface area contributed by atoms with Gasteiger partial charge in [-0.05, 0) is 36.8 Å². The van der Waals surface area contributed by atoms with Crippen molar-refractivity contribution in [3.05, 3.63) is 58.6 Å². The first-order chi connectivity index (χ1) is 13.9. The summed E-state index contributed by atoms with van der Waals surface area (Å²) in [5.41, 5.74) is 8.82. The predicted molar refractivity (Wildman–Crippen MR) is 114 cm³/mol. The van der Waals surface area contributed by atoms with Crippen molar-refractivity contribution < 1.29 is 5.11 Å². The largest absolute Gasteiger partial charge is 0.507 e. The lowest BCUT2D eigenvalue weighted by atomic mass is 10.00. The molecule has 4 rings (SSSR count). The fraction of sp³-hybridized carbons (Fsp3) is 0.190. The number of nitrogens with two attached hydrogens (primary N) is 1. The molecule has 2 aromatic carbocycles. The number of aromatic nitrogens is 4. The number of fused-ring (bicyclic) bond motifs is 1. The summed E-state index contributed by atoms with van der Waals surface area (Å²) in [5.74, 6) is 0.157. The van der Waals surface area contributed by atoms with Crippen LogP contribution in [0.25, 0.3) is 28.0 Å². The number of anilines is 1. The molecule has 2 heterocycles. The zero-order valence-corrected chi connectivity index (χ0v) is 16.2. The summed E-state index contributed by atoms with van der Waals surface area (Å²) < 4.78 is 3.40. The number of aromatic hydroxyl groups is 1. The van der Waals surface area contributed by atoms with Crippen molar-refractivity contribution in [3.63, 3.8) is 0 Å². The molecule has 5 N–H and O–H groups in total. The summed E-state index contributed by atoms with van der Waals surface area (Å²) in [6.07, 6.45) is 3.32. The number of H-pyrrole nitrogens is 1. The number of phenolic OH excluding ortho intramolecular Hbond substituents is 1. The minimum atomic E-state index is -0.420. The molecule has 0 bridgehead atoms. The lowest BCUT2D eigenvalue weighted by Crippen LogP contribution is -2.16. The highest BCUT2D eigenvalue weighted by Crippen LogP contribution is 2.33. The first-order valence-electron chi connectivity index (χ1n) is 9.34. The average Bonchev–Trinajstić information content (AvgIpc) is 3.24. The van der Waals surface area contributed by atoms with E-state index in [0.717, 1.165) is 17.3 Å². The number of hydrogen-bond acceptors (Lipinski definition) is 5. The Bertz CT molecular complexity index is 1290. The topological polar surface area (TPSA) is 126 Å². The van der Waals surface area contributed by atoms with E-state index < -0.39 is 5.69 Å². The van der Waals surface area contributed by atoms with Crippen LogP contribution in [-0.2, 0) is 7.05 Å². The summed E-state index contributed by atoms with van der Waals surface area (Å²) >= 11 is 0. The first-order valence-corrected chi connectivity index (χ1v) is 9.34. The fourth-order valence-electron chi connectivity index (χ4n) is 3.55. The number of rotatable bonds is 5. The van der Waals surface area contributed by atoms with Gasteiger partial charge in [-0.3, -0.25) is 0 Å². The van der Waals surface area contributed by atoms with E-state index >= 15 is 0 Å². The second-order valence-electron chi connectivity index (χ2n) is 7.04. The van der Waals surface area contributed by atoms with Crippen LogP contribution in [0.4, 0.5) is 5.69 Å². The Morgan fingerprint density at radius 3 is 2.83 bits per heavy atom. The van der Waals surface area contributed by atoms with E-state index in [0.29, 0.717) is 34.6 Å². The van der Waals surface area contributed by atoms with Gasteiger partial charge >= 0.3 is 5.69 Å². The van der Waals surface area contributed by atoms with Gasteiger partial charge in [-0.1, -0.05) is 13.3 Å². The summed E-state index contributed by atoms with van der Waals surface area (Å²) in [7, 11) is 1.95. The Kier molecular flexibility index (Phi) is 4.46. The molecule has 0 aliphatic carbocycles. The molecule has 0 aliphatic rings. The maximum atomic E-state index is 12.5. The second kappa shape index (κ2) is 6.97. The van der Waals surface area contributed by atoms with Crippen LogP contribution in [0, 0.1) is 5.41 Å². The average molecular weight is 390 g/mol. The lowest BCUT2D eigenvalue weighted by Gasteiger charge is -2.12. The molecule has 2 aromatic heterocycles. The summed E-state index contributed by atoms with van der Waals surface area (Å²) in [5, 5.41) is 26.3. The van der Waals surface area contributed by atoms with E-state index in [1.807, 2.05) is 49.0 Å². The third-order valence-corrected chi connectivity index (χ3v) is 5.03. The predicted octanol–water partition coefficient (Wildman–Crippen LogP) is 3.18. The molecule has 0 aliphatic heterocycles. The van der Waals surface area contributed by atoms with Gasteiger partial charge in [0.1, 0.15) is 5.75 Å². The number of nitrogens with one attached hydrogen (secondary N) is 2. The second-order valence-corrected chi connectivity index (χ2v) is 7.04. The van der Waals surface area contributed by atoms with Gasteiger partial charge in [-0.15, -0.1) is 0 Å². The highest BCUT2D eigenvalue weighted by Gasteiger charge is 2.19. The van der Waals surface area contributed by atoms with E-state index in [9.17, 15) is 9.90 Å². The number of aromatic amines is 1. The molecular weight excluding hydrogens is 368 g/mol. The Labute approximate surface area is 166 Å². The third kappa shape index (κ3) is 3.08. The van der Waals surface area contributed by atoms with E-state index in [1.54, 1.807) is 6.07 Å². The SMILES string of the molecule is CCCC(=N)c1cc(-c2n[nH]c(=O)n2-c2ccc3c(ccn3C)c2)c(O)cc1N. The highest BCUT2D eigenvalue weighted by atomic mass is 16.3. The Balaban J connectivity index is 1.90. The molecule has 8 heteroatoms. The van der Waals surface area contributed by atoms with Gasteiger partial charge in [0.2, 0.25) is 0 Å². The van der Waals surface area contributed by atoms with Gasteiger partial charge in [0.05, 0.1) is 11.3 Å². The van der Waals surface area contributed by atoms with Gasteiger partial charge in [-0.25, -0.2) is 14.5 Å². The van der Waals surface area contributed by atoms with Crippen LogP contribution in [0.1, 0.15) is 25.3 Å². The standard InChI is InChI=1S/C21H22N6O2/c1-3-4-16(22)14-10-15(19(28)11-17(14)23)20-24-25-21(29)27(20)13-5-6-18-12(9-13)7-8-26(18)2/h5-11,22,28H,3-4,23H2,1-2H3,(H,25,29). The van der Waals surface area contributed by atoms with Crippen molar-refractivity contribution in [2.75, 3.05) is 5.73 Å². The first kappa shape index (κ1) is 18.5. The molecule has 0 saturated heterocycles. The third-order valence-electron chi connectivity index (χ3n) is 5.03. The van der Waals surface area contributed by atoms with Crippen LogP contribution < -0.4 is 11.4 Å². The molecule has 0 unspecified atom stereocenters. The maximum Gasteiger partial charge on any atom is 0.348 e. The number of benzene rings is 2. The zero-order chi connectivity index (χ0) is 20.7. The van der Waals surface area contributed by atoms with Crippen molar-refractivity contribution in [1.82, 2.24) is 19.3 Å². The van der Waals surface area contributed by atoms with Crippen LogP contribution in [0.15, 0.2) is 47.4 Å². The smallest absolute Gasteiger partial charge is 0.348 e. The zero-order valence-electron chi connectivity index (χ0n) is 16.2. The molecule has 4 aromatic rings. The van der Waals surface area contributed by atoms with E-state index in [-0.39, 0.29) is 11.6 Å². The van der Waals surface area contributed by atoms with Crippen LogP contribution in [0.2, 0.25) is 0 Å². The summed E-state index contributed by atoms with van der Waals surface area (Å²) in [6.45, 7) is 1.98. The molecule has 8 nitrogen and oxygen atoms in total. The van der Waals surface area contributed by atoms with E-state index in [2.05, 4.69) is 10.2 Å². The Morgan fingerprint density at radius 1 is 1.28 bits per heavy atom. The molecule has 0 radical (unpaired) electrons. The molecule has 148 valence electrons. The van der Waals surface area contributed by atoms with Gasteiger partial charge in [0, 0.05) is 47.2 Å². The molecule has 0 atom stereocenters. The Morgan fingerprint density at radius 2 is 2.07 bits per heavy atom. The fourth-order valence-corrected chi connectivity index (χ4v) is 3.55. The van der Waals surface area contributed by atoms with Gasteiger partial charge in [0.15, 0.2) is 5.82 Å². The van der Waals surface area contributed by atoms with Gasteiger partial charge < -0.3 is 20.8 Å². The van der Waals surface area contributed by atoms with Crippen molar-refractivity contribution in [1.29, 1.82) is 5.41 Å². The van der Waals surface area contributed by atoms with Crippen LogP contribution >= 0.6 is 0 Å². The van der Waals surface area contributed by atoms with Crippen molar-refractivity contribution in [2.45, 2.75) is 19.8 Å². The molecule has 0 fully saturated rings. The minimum Gasteiger partial charge on any atom is -0.507 e. The quantitative estimate of drug-likeness (QED) is 0.308. The monoisotopic (exact) mass is 390 g/mol. The number of phenols is 1. The molecule has 0 saturated carbocycles.